The normalized spacial score (nSPS) is 9.85. The molecule has 0 fully saturated rings. The lowest BCUT2D eigenvalue weighted by molar-refractivity contribution is -0.116. The molecule has 1 aromatic carbocycles. The molecule has 108 valence electrons. The van der Waals surface area contributed by atoms with Gasteiger partial charge in [-0.2, -0.15) is 0 Å². The van der Waals surface area contributed by atoms with Crippen LogP contribution in [0.5, 0.6) is 0 Å². The van der Waals surface area contributed by atoms with E-state index in [1.54, 1.807) is 6.20 Å². The van der Waals surface area contributed by atoms with Gasteiger partial charge in [-0.1, -0.05) is 25.1 Å². The number of nitrogens with one attached hydrogen (secondary N) is 1. The fraction of sp³-hybridized carbons (Fsp3) is 0.286. The fourth-order valence-corrected chi connectivity index (χ4v) is 2.49. The average molecular weight is 312 g/mol. The topological polar surface area (TPSA) is 68.0 Å². The summed E-state index contributed by atoms with van der Waals surface area (Å²) in [6.45, 7) is 2.07. The number of para-hydroxylation sites is 1. The highest BCUT2D eigenvalue weighted by atomic mass is 35.5. The molecular weight excluding hydrogens is 294 g/mol. The number of nitrogens with zero attached hydrogens (tertiary/aromatic N) is 1. The summed E-state index contributed by atoms with van der Waals surface area (Å²) in [6, 6.07) is 7.61. The number of aryl methyl sites for hydroxylation is 2. The van der Waals surface area contributed by atoms with Crippen molar-refractivity contribution >= 4 is 40.5 Å². The molecule has 2 rings (SSSR count). The van der Waals surface area contributed by atoms with E-state index in [4.69, 9.17) is 5.73 Å². The lowest BCUT2D eigenvalue weighted by Crippen LogP contribution is -2.12. The third-order valence-electron chi connectivity index (χ3n) is 2.82. The molecule has 1 aromatic heterocycles. The largest absolute Gasteiger partial charge is 0.399 e. The van der Waals surface area contributed by atoms with E-state index in [1.807, 2.05) is 24.3 Å². The van der Waals surface area contributed by atoms with E-state index in [0.717, 1.165) is 17.7 Å². The van der Waals surface area contributed by atoms with Gasteiger partial charge < -0.3 is 11.1 Å². The Morgan fingerprint density at radius 3 is 2.80 bits per heavy atom. The van der Waals surface area contributed by atoms with Gasteiger partial charge in [0.25, 0.3) is 0 Å². The molecule has 0 spiro atoms. The predicted molar refractivity (Wildman–Crippen MR) is 86.5 cm³/mol. The molecule has 3 N–H and O–H groups in total. The Morgan fingerprint density at radius 1 is 1.40 bits per heavy atom. The Hall–Kier alpha value is -1.59. The predicted octanol–water partition coefficient (Wildman–Crippen LogP) is 3.28. The van der Waals surface area contributed by atoms with Crippen LogP contribution < -0.4 is 11.1 Å². The van der Waals surface area contributed by atoms with E-state index in [9.17, 15) is 4.79 Å². The number of benzene rings is 1. The van der Waals surface area contributed by atoms with Gasteiger partial charge in [-0.05, 0) is 24.5 Å². The highest BCUT2D eigenvalue weighted by Gasteiger charge is 2.07. The van der Waals surface area contributed by atoms with Crippen molar-refractivity contribution in [2.24, 2.45) is 0 Å². The van der Waals surface area contributed by atoms with Gasteiger partial charge in [0, 0.05) is 23.2 Å². The number of amides is 1. The maximum Gasteiger partial charge on any atom is 0.226 e. The molecule has 0 bridgehead atoms. The number of halogens is 1. The molecule has 0 aliphatic rings. The number of hydrogen-bond donors (Lipinski definition) is 2. The Morgan fingerprint density at radius 2 is 2.15 bits per heavy atom. The summed E-state index contributed by atoms with van der Waals surface area (Å²) in [5.74, 6) is -0.0275. The fourth-order valence-electron chi connectivity index (χ4n) is 1.72. The van der Waals surface area contributed by atoms with E-state index in [0.29, 0.717) is 18.0 Å². The number of aromatic nitrogens is 1. The van der Waals surface area contributed by atoms with E-state index in [1.165, 1.54) is 16.2 Å². The Kier molecular flexibility index (Phi) is 6.48. The van der Waals surface area contributed by atoms with Gasteiger partial charge in [-0.25, -0.2) is 4.98 Å². The number of nitrogen functional groups attached to an aromatic ring is 1. The Labute approximate surface area is 128 Å². The van der Waals surface area contributed by atoms with Crippen molar-refractivity contribution in [2.45, 2.75) is 26.2 Å². The number of thiazole rings is 1. The maximum absolute atomic E-state index is 11.8. The van der Waals surface area contributed by atoms with Gasteiger partial charge in [0.2, 0.25) is 5.91 Å². The molecule has 0 aliphatic carbocycles. The van der Waals surface area contributed by atoms with E-state index in [-0.39, 0.29) is 18.3 Å². The number of nitrogens with two attached hydrogens (primary N) is 1. The van der Waals surface area contributed by atoms with Crippen LogP contribution in [-0.2, 0) is 17.6 Å². The lowest BCUT2D eigenvalue weighted by Gasteiger charge is -2.04. The van der Waals surface area contributed by atoms with Crippen molar-refractivity contribution in [3.05, 3.63) is 40.9 Å². The minimum atomic E-state index is -0.0275. The number of hydrogen-bond acceptors (Lipinski definition) is 4. The second-order valence-electron chi connectivity index (χ2n) is 4.23. The highest BCUT2D eigenvalue weighted by Crippen LogP contribution is 2.19. The highest BCUT2D eigenvalue weighted by molar-refractivity contribution is 7.15. The number of carbonyl (C=O) groups is 1. The van der Waals surface area contributed by atoms with Crippen LogP contribution in [0, 0.1) is 0 Å². The third kappa shape index (κ3) is 4.51. The SMILES string of the molecule is CCc1cnc(NC(=O)CCc2ccccc2N)s1.Cl. The summed E-state index contributed by atoms with van der Waals surface area (Å²) >= 11 is 1.52. The smallest absolute Gasteiger partial charge is 0.226 e. The molecule has 20 heavy (non-hydrogen) atoms. The van der Waals surface area contributed by atoms with Crippen molar-refractivity contribution in [1.82, 2.24) is 4.98 Å². The monoisotopic (exact) mass is 311 g/mol. The van der Waals surface area contributed by atoms with Crippen molar-refractivity contribution in [2.75, 3.05) is 11.1 Å². The van der Waals surface area contributed by atoms with Crippen LogP contribution in [0.2, 0.25) is 0 Å². The zero-order valence-electron chi connectivity index (χ0n) is 11.3. The molecule has 1 heterocycles. The summed E-state index contributed by atoms with van der Waals surface area (Å²) in [7, 11) is 0. The van der Waals surface area contributed by atoms with Gasteiger partial charge in [-0.3, -0.25) is 4.79 Å². The molecule has 0 saturated heterocycles. The van der Waals surface area contributed by atoms with Crippen LogP contribution in [0.3, 0.4) is 0 Å². The minimum Gasteiger partial charge on any atom is -0.399 e. The van der Waals surface area contributed by atoms with Gasteiger partial charge in [0.15, 0.2) is 5.13 Å². The van der Waals surface area contributed by atoms with Gasteiger partial charge in [-0.15, -0.1) is 23.7 Å². The third-order valence-corrected chi connectivity index (χ3v) is 3.88. The van der Waals surface area contributed by atoms with Gasteiger partial charge in [0.1, 0.15) is 0 Å². The summed E-state index contributed by atoms with van der Waals surface area (Å²) in [4.78, 5) is 17.1. The molecule has 6 heteroatoms. The first-order valence-electron chi connectivity index (χ1n) is 6.27. The van der Waals surface area contributed by atoms with Crippen molar-refractivity contribution < 1.29 is 4.79 Å². The molecular formula is C14H18ClN3OS. The first kappa shape index (κ1) is 16.5. The van der Waals surface area contributed by atoms with Crippen LogP contribution in [0.15, 0.2) is 30.5 Å². The van der Waals surface area contributed by atoms with Crippen LogP contribution in [-0.4, -0.2) is 10.9 Å². The Balaban J connectivity index is 0.00000200. The first-order chi connectivity index (χ1) is 9.19. The van der Waals surface area contributed by atoms with E-state index >= 15 is 0 Å². The summed E-state index contributed by atoms with van der Waals surface area (Å²) < 4.78 is 0. The molecule has 0 aliphatic heterocycles. The zero-order valence-corrected chi connectivity index (χ0v) is 12.9. The van der Waals surface area contributed by atoms with Crippen LogP contribution in [0.25, 0.3) is 0 Å². The molecule has 4 nitrogen and oxygen atoms in total. The average Bonchev–Trinajstić information content (AvgIpc) is 2.85. The van der Waals surface area contributed by atoms with Crippen molar-refractivity contribution in [3.63, 3.8) is 0 Å². The minimum absolute atomic E-state index is 0. The molecule has 2 aromatic rings. The number of rotatable bonds is 5. The first-order valence-corrected chi connectivity index (χ1v) is 7.08. The van der Waals surface area contributed by atoms with Crippen molar-refractivity contribution in [1.29, 1.82) is 0 Å². The Bertz CT molecular complexity index is 571. The standard InChI is InChI=1S/C14H17N3OS.ClH/c1-2-11-9-16-14(19-11)17-13(18)8-7-10-5-3-4-6-12(10)15;/h3-6,9H,2,7-8,15H2,1H3,(H,16,17,18);1H. The van der Waals surface area contributed by atoms with Crippen LogP contribution in [0.1, 0.15) is 23.8 Å². The molecule has 0 radical (unpaired) electrons. The molecule has 0 unspecified atom stereocenters. The van der Waals surface area contributed by atoms with E-state index in [2.05, 4.69) is 17.2 Å². The van der Waals surface area contributed by atoms with Crippen LogP contribution >= 0.6 is 23.7 Å². The van der Waals surface area contributed by atoms with Crippen molar-refractivity contribution in [3.8, 4) is 0 Å². The summed E-state index contributed by atoms with van der Waals surface area (Å²) in [6.07, 6.45) is 3.79. The number of anilines is 2. The second-order valence-corrected chi connectivity index (χ2v) is 5.35. The quantitative estimate of drug-likeness (QED) is 0.833. The van der Waals surface area contributed by atoms with Crippen LogP contribution in [0.4, 0.5) is 10.8 Å². The molecule has 0 atom stereocenters. The summed E-state index contributed by atoms with van der Waals surface area (Å²) in [5.41, 5.74) is 7.58. The number of carbonyl (C=O) groups excluding carboxylic acids is 1. The van der Waals surface area contributed by atoms with Gasteiger partial charge in [0.05, 0.1) is 0 Å². The molecule has 0 saturated carbocycles. The molecule has 1 amide bonds. The second kappa shape index (κ2) is 7.87. The lowest BCUT2D eigenvalue weighted by atomic mass is 10.1. The maximum atomic E-state index is 11.8. The van der Waals surface area contributed by atoms with Gasteiger partial charge >= 0.3 is 0 Å². The summed E-state index contributed by atoms with van der Waals surface area (Å²) in [5, 5.41) is 3.48. The van der Waals surface area contributed by atoms with E-state index < -0.39 is 0 Å². The zero-order chi connectivity index (χ0) is 13.7.